The molecule has 1 fully saturated rings. The van der Waals surface area contributed by atoms with Crippen molar-refractivity contribution in [2.45, 2.75) is 13.5 Å². The van der Waals surface area contributed by atoms with E-state index >= 15 is 0 Å². The van der Waals surface area contributed by atoms with Crippen LogP contribution in [0.25, 0.3) is 0 Å². The molecule has 4 nitrogen and oxygen atoms in total. The van der Waals surface area contributed by atoms with Crippen LogP contribution in [0.5, 0.6) is 0 Å². The first-order valence-corrected chi connectivity index (χ1v) is 6.04. The molecule has 0 aliphatic carbocycles. The Morgan fingerprint density at radius 1 is 1.69 bits per heavy atom. The van der Waals surface area contributed by atoms with Gasteiger partial charge in [-0.05, 0) is 27.9 Å². The molecule has 0 saturated carbocycles. The highest BCUT2D eigenvalue weighted by Crippen LogP contribution is 2.27. The molecule has 16 heavy (non-hydrogen) atoms. The lowest BCUT2D eigenvalue weighted by atomic mass is 9.99. The Morgan fingerprint density at radius 3 is 2.94 bits per heavy atom. The molecule has 88 valence electrons. The SMILES string of the molecule is C[C@@H]1CN(Cc2occc2Br)C[C@H]1C(=O)O. The molecular weight excluding hydrogens is 274 g/mol. The first-order chi connectivity index (χ1) is 7.58. The van der Waals surface area contributed by atoms with E-state index in [2.05, 4.69) is 20.8 Å². The third-order valence-electron chi connectivity index (χ3n) is 3.06. The lowest BCUT2D eigenvalue weighted by Crippen LogP contribution is -2.23. The summed E-state index contributed by atoms with van der Waals surface area (Å²) in [5, 5.41) is 9.02. The number of hydrogen-bond acceptors (Lipinski definition) is 3. The smallest absolute Gasteiger partial charge is 0.308 e. The fourth-order valence-electron chi connectivity index (χ4n) is 2.16. The van der Waals surface area contributed by atoms with E-state index in [1.807, 2.05) is 13.0 Å². The van der Waals surface area contributed by atoms with E-state index in [4.69, 9.17) is 9.52 Å². The van der Waals surface area contributed by atoms with Crippen LogP contribution in [-0.2, 0) is 11.3 Å². The zero-order valence-corrected chi connectivity index (χ0v) is 10.6. The summed E-state index contributed by atoms with van der Waals surface area (Å²) in [6, 6.07) is 1.85. The second kappa shape index (κ2) is 4.59. The van der Waals surface area contributed by atoms with Crippen LogP contribution < -0.4 is 0 Å². The fourth-order valence-corrected chi connectivity index (χ4v) is 2.49. The topological polar surface area (TPSA) is 53.7 Å². The molecule has 1 N–H and O–H groups in total. The van der Waals surface area contributed by atoms with Gasteiger partial charge in [0.25, 0.3) is 0 Å². The summed E-state index contributed by atoms with van der Waals surface area (Å²) < 4.78 is 6.26. The Morgan fingerprint density at radius 2 is 2.44 bits per heavy atom. The highest BCUT2D eigenvalue weighted by Gasteiger charge is 2.34. The number of aliphatic carboxylic acids is 1. The molecule has 0 spiro atoms. The van der Waals surface area contributed by atoms with Crippen LogP contribution in [-0.4, -0.2) is 29.1 Å². The number of carboxylic acid groups (broad SMARTS) is 1. The summed E-state index contributed by atoms with van der Waals surface area (Å²) in [5.41, 5.74) is 0. The van der Waals surface area contributed by atoms with E-state index in [1.165, 1.54) is 0 Å². The van der Waals surface area contributed by atoms with E-state index in [0.717, 1.165) is 16.8 Å². The third-order valence-corrected chi connectivity index (χ3v) is 3.77. The second-order valence-corrected chi connectivity index (χ2v) is 5.16. The average Bonchev–Trinajstić information content (AvgIpc) is 2.75. The first-order valence-electron chi connectivity index (χ1n) is 5.25. The van der Waals surface area contributed by atoms with E-state index in [9.17, 15) is 4.79 Å². The zero-order valence-electron chi connectivity index (χ0n) is 9.02. The van der Waals surface area contributed by atoms with Gasteiger partial charge in [0.05, 0.1) is 23.2 Å². The molecule has 0 amide bonds. The zero-order chi connectivity index (χ0) is 11.7. The van der Waals surface area contributed by atoms with E-state index < -0.39 is 5.97 Å². The van der Waals surface area contributed by atoms with E-state index in [0.29, 0.717) is 13.1 Å². The number of halogens is 1. The summed E-state index contributed by atoms with van der Waals surface area (Å²) in [4.78, 5) is 13.1. The summed E-state index contributed by atoms with van der Waals surface area (Å²) in [6.45, 7) is 4.06. The first kappa shape index (κ1) is 11.7. The van der Waals surface area contributed by atoms with Crippen molar-refractivity contribution < 1.29 is 14.3 Å². The molecular formula is C11H14BrNO3. The van der Waals surface area contributed by atoms with Gasteiger partial charge < -0.3 is 9.52 Å². The maximum atomic E-state index is 11.0. The Labute approximate surface area is 102 Å². The van der Waals surface area contributed by atoms with Gasteiger partial charge >= 0.3 is 5.97 Å². The molecule has 5 heteroatoms. The Hall–Kier alpha value is -0.810. The van der Waals surface area contributed by atoms with Crippen LogP contribution in [0.1, 0.15) is 12.7 Å². The van der Waals surface area contributed by atoms with Crippen LogP contribution in [0.3, 0.4) is 0 Å². The molecule has 2 rings (SSSR count). The van der Waals surface area contributed by atoms with Gasteiger partial charge in [0.15, 0.2) is 0 Å². The summed E-state index contributed by atoms with van der Waals surface area (Å²) >= 11 is 3.40. The Balaban J connectivity index is 1.99. The van der Waals surface area contributed by atoms with Gasteiger partial charge in [0.2, 0.25) is 0 Å². The molecule has 1 aromatic heterocycles. The minimum Gasteiger partial charge on any atom is -0.481 e. The molecule has 0 unspecified atom stereocenters. The predicted molar refractivity (Wildman–Crippen MR) is 62.0 cm³/mol. The van der Waals surface area contributed by atoms with Gasteiger partial charge in [-0.25, -0.2) is 0 Å². The number of carboxylic acids is 1. The maximum absolute atomic E-state index is 11.0. The third kappa shape index (κ3) is 2.30. The van der Waals surface area contributed by atoms with Gasteiger partial charge in [-0.15, -0.1) is 0 Å². The van der Waals surface area contributed by atoms with Gasteiger partial charge in [0, 0.05) is 13.1 Å². The van der Waals surface area contributed by atoms with Gasteiger partial charge in [-0.1, -0.05) is 6.92 Å². The van der Waals surface area contributed by atoms with Crippen molar-refractivity contribution in [1.29, 1.82) is 0 Å². The number of nitrogens with zero attached hydrogens (tertiary/aromatic N) is 1. The highest BCUT2D eigenvalue weighted by atomic mass is 79.9. The van der Waals surface area contributed by atoms with Crippen LogP contribution >= 0.6 is 15.9 Å². The molecule has 0 aromatic carbocycles. The monoisotopic (exact) mass is 287 g/mol. The van der Waals surface area contributed by atoms with Crippen molar-refractivity contribution in [3.63, 3.8) is 0 Å². The van der Waals surface area contributed by atoms with Crippen molar-refractivity contribution in [3.8, 4) is 0 Å². The number of likely N-dealkylation sites (tertiary alicyclic amines) is 1. The maximum Gasteiger partial charge on any atom is 0.308 e. The molecule has 1 aliphatic heterocycles. The van der Waals surface area contributed by atoms with Crippen molar-refractivity contribution in [2.75, 3.05) is 13.1 Å². The van der Waals surface area contributed by atoms with E-state index in [1.54, 1.807) is 6.26 Å². The molecule has 2 heterocycles. The minimum absolute atomic E-state index is 0.200. The fraction of sp³-hybridized carbons (Fsp3) is 0.545. The van der Waals surface area contributed by atoms with E-state index in [-0.39, 0.29) is 11.8 Å². The van der Waals surface area contributed by atoms with Crippen LogP contribution in [0.4, 0.5) is 0 Å². The number of carbonyl (C=O) groups is 1. The minimum atomic E-state index is -0.700. The molecule has 1 aliphatic rings. The number of rotatable bonds is 3. The lowest BCUT2D eigenvalue weighted by Gasteiger charge is -2.13. The molecule has 0 bridgehead atoms. The summed E-state index contributed by atoms with van der Waals surface area (Å²) in [6.07, 6.45) is 1.63. The number of furan rings is 1. The van der Waals surface area contributed by atoms with Crippen molar-refractivity contribution in [2.24, 2.45) is 11.8 Å². The van der Waals surface area contributed by atoms with Crippen LogP contribution in [0, 0.1) is 11.8 Å². The molecule has 0 radical (unpaired) electrons. The quantitative estimate of drug-likeness (QED) is 0.926. The summed E-state index contributed by atoms with van der Waals surface area (Å²) in [5.74, 6) is 0.103. The second-order valence-electron chi connectivity index (χ2n) is 4.31. The standard InChI is InChI=1S/C11H14BrNO3/c1-7-4-13(5-8(7)11(14)15)6-10-9(12)2-3-16-10/h2-3,7-8H,4-6H2,1H3,(H,14,15)/t7-,8-/m1/s1. The van der Waals surface area contributed by atoms with Gasteiger partial charge in [-0.2, -0.15) is 0 Å². The average molecular weight is 288 g/mol. The lowest BCUT2D eigenvalue weighted by molar-refractivity contribution is -0.142. The Bertz CT molecular complexity index is 390. The van der Waals surface area contributed by atoms with Crippen LogP contribution in [0.15, 0.2) is 21.2 Å². The van der Waals surface area contributed by atoms with Gasteiger partial charge in [-0.3, -0.25) is 9.69 Å². The van der Waals surface area contributed by atoms with Gasteiger partial charge in [0.1, 0.15) is 5.76 Å². The van der Waals surface area contributed by atoms with Crippen molar-refractivity contribution >= 4 is 21.9 Å². The summed E-state index contributed by atoms with van der Waals surface area (Å²) in [7, 11) is 0. The largest absolute Gasteiger partial charge is 0.481 e. The molecule has 1 aromatic rings. The van der Waals surface area contributed by atoms with Crippen molar-refractivity contribution in [1.82, 2.24) is 4.90 Å². The Kier molecular flexibility index (Phi) is 3.35. The molecule has 2 atom stereocenters. The van der Waals surface area contributed by atoms with Crippen LogP contribution in [0.2, 0.25) is 0 Å². The normalized spacial score (nSPS) is 26.1. The molecule has 1 saturated heterocycles. The highest BCUT2D eigenvalue weighted by molar-refractivity contribution is 9.10. The predicted octanol–water partition coefficient (Wildman–Crippen LogP) is 2.19. The number of hydrogen-bond donors (Lipinski definition) is 1. The van der Waals surface area contributed by atoms with Crippen molar-refractivity contribution in [3.05, 3.63) is 22.6 Å².